The molecule has 1 rings (SSSR count). The third-order valence-corrected chi connectivity index (χ3v) is 2.69. The zero-order chi connectivity index (χ0) is 16.4. The van der Waals surface area contributed by atoms with E-state index < -0.39 is 47.0 Å². The van der Waals surface area contributed by atoms with Gasteiger partial charge in [-0.05, 0) is 29.7 Å². The number of carboxylic acids is 1. The zero-order valence-electron chi connectivity index (χ0n) is 10.6. The third-order valence-electron chi connectivity index (χ3n) is 2.69. The van der Waals surface area contributed by atoms with E-state index in [4.69, 9.17) is 5.11 Å². The van der Waals surface area contributed by atoms with Crippen molar-refractivity contribution in [3.8, 4) is 0 Å². The van der Waals surface area contributed by atoms with Crippen LogP contribution in [0.25, 0.3) is 6.08 Å². The van der Waals surface area contributed by atoms with Gasteiger partial charge in [0.05, 0.1) is 11.1 Å². The Labute approximate surface area is 115 Å². The largest absolute Gasteiger partial charge is 0.478 e. The van der Waals surface area contributed by atoms with E-state index in [1.54, 1.807) is 0 Å². The highest BCUT2D eigenvalue weighted by molar-refractivity contribution is 5.85. The number of carbonyl (C=O) groups is 1. The minimum absolute atomic E-state index is 0.442. The molecule has 0 aliphatic carbocycles. The van der Waals surface area contributed by atoms with E-state index in [0.717, 1.165) is 0 Å². The second kappa shape index (κ2) is 5.79. The lowest BCUT2D eigenvalue weighted by atomic mass is 9.93. The van der Waals surface area contributed by atoms with Crippen LogP contribution in [0, 0.1) is 0 Å². The van der Waals surface area contributed by atoms with E-state index in [1.807, 2.05) is 0 Å². The molecule has 0 aliphatic heterocycles. The normalized spacial score (nSPS) is 12.9. The molecule has 0 fully saturated rings. The molecular formula is C13H10F6O2. The first-order valence-electron chi connectivity index (χ1n) is 5.69. The molecule has 1 N–H and O–H groups in total. The number of halogens is 6. The van der Waals surface area contributed by atoms with Crippen molar-refractivity contribution in [2.75, 3.05) is 0 Å². The molecule has 0 radical (unpaired) electrons. The molecule has 116 valence electrons. The Hall–Kier alpha value is -1.99. The zero-order valence-corrected chi connectivity index (χ0v) is 10.6. The van der Waals surface area contributed by atoms with Crippen LogP contribution in [-0.4, -0.2) is 11.1 Å². The Balaban J connectivity index is 3.67. The van der Waals surface area contributed by atoms with Gasteiger partial charge >= 0.3 is 18.3 Å². The molecule has 0 unspecified atom stereocenters. The summed E-state index contributed by atoms with van der Waals surface area (Å²) >= 11 is 0. The molecule has 1 aromatic carbocycles. The maximum Gasteiger partial charge on any atom is 0.417 e. The van der Waals surface area contributed by atoms with E-state index in [-0.39, 0.29) is 0 Å². The van der Waals surface area contributed by atoms with Gasteiger partial charge < -0.3 is 5.11 Å². The summed E-state index contributed by atoms with van der Waals surface area (Å²) in [6.45, 7) is 1.17. The molecule has 8 heteroatoms. The van der Waals surface area contributed by atoms with Gasteiger partial charge in [0.2, 0.25) is 0 Å². The monoisotopic (exact) mass is 312 g/mol. The van der Waals surface area contributed by atoms with Crippen LogP contribution in [0.3, 0.4) is 0 Å². The topological polar surface area (TPSA) is 37.3 Å². The van der Waals surface area contributed by atoms with Crippen LogP contribution >= 0.6 is 0 Å². The van der Waals surface area contributed by atoms with Crippen molar-refractivity contribution in [2.24, 2.45) is 0 Å². The maximum absolute atomic E-state index is 13.0. The maximum atomic E-state index is 13.0. The van der Waals surface area contributed by atoms with E-state index in [9.17, 15) is 31.1 Å². The fourth-order valence-electron chi connectivity index (χ4n) is 1.93. The van der Waals surface area contributed by atoms with E-state index in [0.29, 0.717) is 24.3 Å². The van der Waals surface area contributed by atoms with Crippen LogP contribution in [0.5, 0.6) is 0 Å². The number of benzene rings is 1. The second-order valence-electron chi connectivity index (χ2n) is 4.08. The Morgan fingerprint density at radius 2 is 1.71 bits per heavy atom. The minimum atomic E-state index is -5.02. The molecule has 0 aliphatic rings. The summed E-state index contributed by atoms with van der Waals surface area (Å²) in [6.07, 6.45) is -9.36. The number of aliphatic carboxylic acids is 1. The molecule has 0 aromatic heterocycles. The van der Waals surface area contributed by atoms with Gasteiger partial charge in [-0.25, -0.2) is 4.79 Å². The second-order valence-corrected chi connectivity index (χ2v) is 4.08. The van der Waals surface area contributed by atoms with Crippen molar-refractivity contribution in [1.29, 1.82) is 0 Å². The number of rotatable bonds is 3. The highest BCUT2D eigenvalue weighted by atomic mass is 19.4. The summed E-state index contributed by atoms with van der Waals surface area (Å²) < 4.78 is 77.4. The van der Waals surface area contributed by atoms with Crippen molar-refractivity contribution in [1.82, 2.24) is 0 Å². The predicted molar refractivity (Wildman–Crippen MR) is 62.5 cm³/mol. The lowest BCUT2D eigenvalue weighted by molar-refractivity contribution is -0.144. The number of alkyl halides is 6. The minimum Gasteiger partial charge on any atom is -0.478 e. The fourth-order valence-corrected chi connectivity index (χ4v) is 1.93. The quantitative estimate of drug-likeness (QED) is 0.664. The van der Waals surface area contributed by atoms with Gasteiger partial charge in [0.25, 0.3) is 0 Å². The van der Waals surface area contributed by atoms with Crippen LogP contribution in [-0.2, 0) is 23.6 Å². The van der Waals surface area contributed by atoms with E-state index in [1.165, 1.54) is 6.92 Å². The standard InChI is InChI=1S/C13H10F6O2/c1-2-8-9(12(14,15)16)5-3-7(4-6-10(20)21)11(8)13(17,18)19/h3-6H,2H2,1H3,(H,20,21)/b6-4+. The van der Waals surface area contributed by atoms with Crippen LogP contribution in [0.1, 0.15) is 29.2 Å². The predicted octanol–water partition coefficient (Wildman–Crippen LogP) is 4.38. The summed E-state index contributed by atoms with van der Waals surface area (Å²) in [6, 6.07) is 1.14. The van der Waals surface area contributed by atoms with Gasteiger partial charge in [-0.1, -0.05) is 13.0 Å². The first-order valence-corrected chi connectivity index (χ1v) is 5.69. The first-order chi connectivity index (χ1) is 9.48. The van der Waals surface area contributed by atoms with Gasteiger partial charge in [0.15, 0.2) is 0 Å². The van der Waals surface area contributed by atoms with Gasteiger partial charge in [-0.3, -0.25) is 0 Å². The molecule has 21 heavy (non-hydrogen) atoms. The molecule has 0 spiro atoms. The van der Waals surface area contributed by atoms with Crippen molar-refractivity contribution in [3.63, 3.8) is 0 Å². The highest BCUT2D eigenvalue weighted by Crippen LogP contribution is 2.41. The molecule has 2 nitrogen and oxygen atoms in total. The summed E-state index contributed by atoms with van der Waals surface area (Å²) in [5, 5.41) is 8.43. The van der Waals surface area contributed by atoms with Gasteiger partial charge in [-0.15, -0.1) is 0 Å². The van der Waals surface area contributed by atoms with Crippen molar-refractivity contribution < 1.29 is 36.2 Å². The molecule has 0 bridgehead atoms. The van der Waals surface area contributed by atoms with Crippen LogP contribution < -0.4 is 0 Å². The third kappa shape index (κ3) is 3.99. The molecular weight excluding hydrogens is 302 g/mol. The average Bonchev–Trinajstić information content (AvgIpc) is 2.32. The SMILES string of the molecule is CCc1c(C(F)(F)F)ccc(/C=C/C(=O)O)c1C(F)(F)F. The number of hydrogen-bond acceptors (Lipinski definition) is 1. The van der Waals surface area contributed by atoms with Gasteiger partial charge in [-0.2, -0.15) is 26.3 Å². The Kier molecular flexibility index (Phi) is 4.70. The average molecular weight is 312 g/mol. The summed E-state index contributed by atoms with van der Waals surface area (Å²) in [4.78, 5) is 10.4. The molecule has 0 atom stereocenters. The van der Waals surface area contributed by atoms with Crippen molar-refractivity contribution in [2.45, 2.75) is 25.7 Å². The van der Waals surface area contributed by atoms with E-state index >= 15 is 0 Å². The van der Waals surface area contributed by atoms with Crippen molar-refractivity contribution >= 4 is 12.0 Å². The van der Waals surface area contributed by atoms with Crippen LogP contribution in [0.15, 0.2) is 18.2 Å². The molecule has 0 heterocycles. The smallest absolute Gasteiger partial charge is 0.417 e. The molecule has 0 saturated carbocycles. The summed E-state index contributed by atoms with van der Waals surface area (Å²) in [7, 11) is 0. The lowest BCUT2D eigenvalue weighted by Gasteiger charge is -2.20. The Morgan fingerprint density at radius 1 is 1.14 bits per heavy atom. The van der Waals surface area contributed by atoms with Crippen LogP contribution in [0.2, 0.25) is 0 Å². The Bertz CT molecular complexity index is 569. The summed E-state index contributed by atoms with van der Waals surface area (Å²) in [5.41, 5.74) is -4.35. The van der Waals surface area contributed by atoms with Gasteiger partial charge in [0.1, 0.15) is 0 Å². The first kappa shape index (κ1) is 17.1. The Morgan fingerprint density at radius 3 is 2.10 bits per heavy atom. The van der Waals surface area contributed by atoms with Gasteiger partial charge in [0, 0.05) is 6.08 Å². The number of hydrogen-bond donors (Lipinski definition) is 1. The lowest BCUT2D eigenvalue weighted by Crippen LogP contribution is -2.17. The number of carboxylic acid groups (broad SMARTS) is 1. The fraction of sp³-hybridized carbons (Fsp3) is 0.308. The molecule has 1 aromatic rings. The molecule has 0 saturated heterocycles. The van der Waals surface area contributed by atoms with E-state index in [2.05, 4.69) is 0 Å². The molecule has 0 amide bonds. The van der Waals surface area contributed by atoms with Crippen LogP contribution in [0.4, 0.5) is 26.3 Å². The summed E-state index contributed by atoms with van der Waals surface area (Å²) in [5.74, 6) is -1.50. The van der Waals surface area contributed by atoms with Crippen molar-refractivity contribution in [3.05, 3.63) is 40.5 Å². The highest BCUT2D eigenvalue weighted by Gasteiger charge is 2.41.